The number of carbonyl (C=O) groups excluding carboxylic acids is 1. The fraction of sp³-hybridized carbons (Fsp3) is 0.500. The van der Waals surface area contributed by atoms with Gasteiger partial charge in [0.05, 0.1) is 30.2 Å². The first-order valence-corrected chi connectivity index (χ1v) is 9.63. The van der Waals surface area contributed by atoms with Crippen LogP contribution in [-0.4, -0.2) is 51.8 Å². The Morgan fingerprint density at radius 2 is 2.18 bits per heavy atom. The standard InChI is InChI=1S/C20H25N5O3/c1-20(2,27)16-6-5-13(10-21-16)15-11-22-18-19(23-15)25(12-17(26)24-18)8-7-14-4-3-9-28-14/h5-6,10-11,14,27H,3-4,7-9,12H2,1-2H3,(H,22,24,26)/t14-/m0/s1. The summed E-state index contributed by atoms with van der Waals surface area (Å²) in [5.41, 5.74) is 1.07. The molecule has 0 aromatic carbocycles. The Hall–Kier alpha value is -2.58. The predicted octanol–water partition coefficient (Wildman–Crippen LogP) is 2.09. The smallest absolute Gasteiger partial charge is 0.245 e. The summed E-state index contributed by atoms with van der Waals surface area (Å²) in [6.45, 7) is 5.16. The van der Waals surface area contributed by atoms with Crippen LogP contribution in [0.5, 0.6) is 0 Å². The molecular weight excluding hydrogens is 358 g/mol. The topological polar surface area (TPSA) is 100 Å². The van der Waals surface area contributed by atoms with Crippen LogP contribution in [-0.2, 0) is 15.1 Å². The van der Waals surface area contributed by atoms with Gasteiger partial charge in [0.2, 0.25) is 5.91 Å². The number of anilines is 2. The summed E-state index contributed by atoms with van der Waals surface area (Å²) in [4.78, 5) is 27.5. The van der Waals surface area contributed by atoms with Crippen LogP contribution in [0.3, 0.4) is 0 Å². The number of nitrogens with one attached hydrogen (secondary N) is 1. The number of amides is 1. The van der Waals surface area contributed by atoms with Gasteiger partial charge in [0, 0.05) is 24.9 Å². The number of aromatic nitrogens is 3. The second-order valence-corrected chi connectivity index (χ2v) is 7.81. The van der Waals surface area contributed by atoms with Gasteiger partial charge in [0.1, 0.15) is 5.60 Å². The average molecular weight is 383 g/mol. The van der Waals surface area contributed by atoms with Crippen LogP contribution in [0.4, 0.5) is 11.6 Å². The average Bonchev–Trinajstić information content (AvgIpc) is 3.19. The van der Waals surface area contributed by atoms with Crippen molar-refractivity contribution in [1.29, 1.82) is 0 Å². The Balaban J connectivity index is 1.58. The fourth-order valence-corrected chi connectivity index (χ4v) is 3.51. The molecule has 8 nitrogen and oxygen atoms in total. The van der Waals surface area contributed by atoms with E-state index in [1.807, 2.05) is 11.0 Å². The Labute approximate surface area is 164 Å². The number of aliphatic hydroxyl groups is 1. The third kappa shape index (κ3) is 3.98. The third-order valence-electron chi connectivity index (χ3n) is 5.08. The molecule has 0 spiro atoms. The molecule has 2 aromatic heterocycles. The van der Waals surface area contributed by atoms with Crippen molar-refractivity contribution in [3.8, 4) is 11.3 Å². The van der Waals surface area contributed by atoms with Crippen LogP contribution in [0.15, 0.2) is 24.5 Å². The summed E-state index contributed by atoms with van der Waals surface area (Å²) < 4.78 is 5.70. The van der Waals surface area contributed by atoms with E-state index in [-0.39, 0.29) is 18.6 Å². The molecule has 1 amide bonds. The van der Waals surface area contributed by atoms with Crippen LogP contribution in [0.2, 0.25) is 0 Å². The van der Waals surface area contributed by atoms with Gasteiger partial charge in [-0.1, -0.05) is 0 Å². The van der Waals surface area contributed by atoms with Crippen molar-refractivity contribution in [2.45, 2.75) is 44.8 Å². The molecule has 4 heterocycles. The molecule has 0 unspecified atom stereocenters. The number of fused-ring (bicyclic) bond motifs is 1. The van der Waals surface area contributed by atoms with Crippen molar-refractivity contribution in [3.63, 3.8) is 0 Å². The first-order chi connectivity index (χ1) is 13.4. The highest BCUT2D eigenvalue weighted by molar-refractivity contribution is 5.99. The van der Waals surface area contributed by atoms with E-state index in [4.69, 9.17) is 9.72 Å². The summed E-state index contributed by atoms with van der Waals surface area (Å²) in [6.07, 6.45) is 6.59. The van der Waals surface area contributed by atoms with Crippen molar-refractivity contribution >= 4 is 17.5 Å². The summed E-state index contributed by atoms with van der Waals surface area (Å²) in [7, 11) is 0. The predicted molar refractivity (Wildman–Crippen MR) is 105 cm³/mol. The molecule has 1 atom stereocenters. The molecule has 28 heavy (non-hydrogen) atoms. The Morgan fingerprint density at radius 1 is 1.32 bits per heavy atom. The van der Waals surface area contributed by atoms with E-state index in [0.717, 1.165) is 31.4 Å². The van der Waals surface area contributed by atoms with E-state index >= 15 is 0 Å². The second-order valence-electron chi connectivity index (χ2n) is 7.81. The molecule has 2 aliphatic heterocycles. The zero-order valence-electron chi connectivity index (χ0n) is 16.2. The maximum absolute atomic E-state index is 12.0. The quantitative estimate of drug-likeness (QED) is 0.815. The van der Waals surface area contributed by atoms with Gasteiger partial charge < -0.3 is 20.1 Å². The molecule has 0 radical (unpaired) electrons. The van der Waals surface area contributed by atoms with E-state index in [1.54, 1.807) is 32.3 Å². The van der Waals surface area contributed by atoms with Gasteiger partial charge in [-0.3, -0.25) is 9.78 Å². The molecule has 8 heteroatoms. The molecule has 1 fully saturated rings. The minimum atomic E-state index is -0.997. The number of nitrogens with zero attached hydrogens (tertiary/aromatic N) is 4. The number of hydrogen-bond acceptors (Lipinski definition) is 7. The first-order valence-electron chi connectivity index (χ1n) is 9.63. The Kier molecular flexibility index (Phi) is 4.99. The van der Waals surface area contributed by atoms with Crippen molar-refractivity contribution in [3.05, 3.63) is 30.2 Å². The SMILES string of the molecule is CC(C)(O)c1ccc(-c2cnc3c(n2)N(CC[C@@H]2CCCO2)CC(=O)N3)cn1. The lowest BCUT2D eigenvalue weighted by Gasteiger charge is -2.30. The van der Waals surface area contributed by atoms with E-state index in [0.29, 0.717) is 29.6 Å². The maximum Gasteiger partial charge on any atom is 0.245 e. The Morgan fingerprint density at radius 3 is 2.86 bits per heavy atom. The summed E-state index contributed by atoms with van der Waals surface area (Å²) in [6, 6.07) is 3.66. The number of ether oxygens (including phenoxy) is 1. The van der Waals surface area contributed by atoms with E-state index < -0.39 is 5.60 Å². The van der Waals surface area contributed by atoms with E-state index in [9.17, 15) is 9.90 Å². The highest BCUT2D eigenvalue weighted by atomic mass is 16.5. The molecular formula is C20H25N5O3. The molecule has 148 valence electrons. The largest absolute Gasteiger partial charge is 0.384 e. The number of rotatable bonds is 5. The lowest BCUT2D eigenvalue weighted by atomic mass is 10.0. The zero-order valence-corrected chi connectivity index (χ0v) is 16.2. The normalized spacial score (nSPS) is 19.5. The lowest BCUT2D eigenvalue weighted by molar-refractivity contribution is -0.115. The number of carbonyl (C=O) groups is 1. The summed E-state index contributed by atoms with van der Waals surface area (Å²) in [5.74, 6) is 1.06. The summed E-state index contributed by atoms with van der Waals surface area (Å²) in [5, 5.41) is 12.9. The number of hydrogen-bond donors (Lipinski definition) is 2. The van der Waals surface area contributed by atoms with Gasteiger partial charge >= 0.3 is 0 Å². The molecule has 0 aliphatic carbocycles. The molecule has 1 saturated heterocycles. The van der Waals surface area contributed by atoms with Crippen LogP contribution < -0.4 is 10.2 Å². The minimum Gasteiger partial charge on any atom is -0.384 e. The molecule has 4 rings (SSSR count). The fourth-order valence-electron chi connectivity index (χ4n) is 3.51. The number of pyridine rings is 1. The minimum absolute atomic E-state index is 0.0851. The van der Waals surface area contributed by atoms with Crippen LogP contribution >= 0.6 is 0 Å². The summed E-state index contributed by atoms with van der Waals surface area (Å²) >= 11 is 0. The molecule has 2 N–H and O–H groups in total. The second kappa shape index (κ2) is 7.44. The van der Waals surface area contributed by atoms with Gasteiger partial charge in [-0.15, -0.1) is 0 Å². The van der Waals surface area contributed by atoms with Gasteiger partial charge in [0.25, 0.3) is 0 Å². The zero-order chi connectivity index (χ0) is 19.7. The van der Waals surface area contributed by atoms with Crippen LogP contribution in [0.1, 0.15) is 38.8 Å². The van der Waals surface area contributed by atoms with Gasteiger partial charge in [-0.25, -0.2) is 9.97 Å². The first kappa shape index (κ1) is 18.8. The van der Waals surface area contributed by atoms with Crippen molar-refractivity contribution < 1.29 is 14.6 Å². The lowest BCUT2D eigenvalue weighted by Crippen LogP contribution is -2.40. The monoisotopic (exact) mass is 383 g/mol. The Bertz CT molecular complexity index is 857. The molecule has 2 aromatic rings. The van der Waals surface area contributed by atoms with E-state index in [2.05, 4.69) is 15.3 Å². The van der Waals surface area contributed by atoms with Crippen molar-refractivity contribution in [2.75, 3.05) is 29.9 Å². The van der Waals surface area contributed by atoms with Crippen LogP contribution in [0, 0.1) is 0 Å². The molecule has 2 aliphatic rings. The van der Waals surface area contributed by atoms with Crippen molar-refractivity contribution in [1.82, 2.24) is 15.0 Å². The maximum atomic E-state index is 12.0. The highest BCUT2D eigenvalue weighted by Gasteiger charge is 2.27. The molecule has 0 saturated carbocycles. The third-order valence-corrected chi connectivity index (χ3v) is 5.08. The molecule has 0 bridgehead atoms. The van der Waals surface area contributed by atoms with Gasteiger partial charge in [0.15, 0.2) is 11.6 Å². The van der Waals surface area contributed by atoms with Crippen LogP contribution in [0.25, 0.3) is 11.3 Å². The van der Waals surface area contributed by atoms with E-state index in [1.165, 1.54) is 0 Å². The van der Waals surface area contributed by atoms with Gasteiger partial charge in [-0.05, 0) is 45.2 Å². The highest BCUT2D eigenvalue weighted by Crippen LogP contribution is 2.29. The van der Waals surface area contributed by atoms with Crippen molar-refractivity contribution in [2.24, 2.45) is 0 Å². The van der Waals surface area contributed by atoms with Gasteiger partial charge in [-0.2, -0.15) is 0 Å².